The van der Waals surface area contributed by atoms with Crippen LogP contribution in [0.3, 0.4) is 0 Å². The van der Waals surface area contributed by atoms with Crippen molar-refractivity contribution in [3.8, 4) is 0 Å². The van der Waals surface area contributed by atoms with Crippen molar-refractivity contribution >= 4 is 20.4 Å². The van der Waals surface area contributed by atoms with Crippen molar-refractivity contribution in [2.24, 2.45) is 5.92 Å². The van der Waals surface area contributed by atoms with Crippen molar-refractivity contribution in [3.05, 3.63) is 12.2 Å². The van der Waals surface area contributed by atoms with E-state index in [0.29, 0.717) is 16.3 Å². The lowest BCUT2D eigenvalue weighted by Gasteiger charge is -2.27. The van der Waals surface area contributed by atoms with Crippen LogP contribution in [0.15, 0.2) is 12.2 Å². The van der Waals surface area contributed by atoms with E-state index in [-0.39, 0.29) is 0 Å². The molecule has 2 rings (SSSR count). The van der Waals surface area contributed by atoms with Crippen LogP contribution in [0, 0.1) is 5.92 Å². The van der Waals surface area contributed by atoms with E-state index in [1.165, 1.54) is 12.8 Å². The maximum Gasteiger partial charge on any atom is 0.0420 e. The first kappa shape index (κ1) is 7.87. The normalized spacial score (nSPS) is 47.6. The van der Waals surface area contributed by atoms with Gasteiger partial charge < -0.3 is 0 Å². The summed E-state index contributed by atoms with van der Waals surface area (Å²) in [7, 11) is -0.527. The van der Waals surface area contributed by atoms with Gasteiger partial charge in [0.05, 0.1) is 0 Å². The molecule has 0 aromatic heterocycles. The van der Waals surface area contributed by atoms with E-state index in [4.69, 9.17) is 11.6 Å². The average molecular weight is 187 g/mol. The van der Waals surface area contributed by atoms with Gasteiger partial charge in [-0.2, -0.15) is 0 Å². The van der Waals surface area contributed by atoms with Gasteiger partial charge in [-0.15, -0.1) is 11.6 Å². The molecule has 0 N–H and O–H groups in total. The summed E-state index contributed by atoms with van der Waals surface area (Å²) in [5.41, 5.74) is 0. The standard InChI is InChI=1S/C9H15ClSi/c1-11(2)9-4-3-7(5-9)8(10)6-9/h3-4,7-8,11H,5-6H2,1-2H3. The smallest absolute Gasteiger partial charge is 0.0420 e. The van der Waals surface area contributed by atoms with Crippen LogP contribution in [0.1, 0.15) is 12.8 Å². The highest BCUT2D eigenvalue weighted by atomic mass is 35.5. The molecule has 62 valence electrons. The lowest BCUT2D eigenvalue weighted by molar-refractivity contribution is 0.696. The maximum absolute atomic E-state index is 6.21. The van der Waals surface area contributed by atoms with Crippen molar-refractivity contribution in [3.63, 3.8) is 0 Å². The molecule has 0 heterocycles. The summed E-state index contributed by atoms with van der Waals surface area (Å²) >= 11 is 6.21. The van der Waals surface area contributed by atoms with E-state index in [9.17, 15) is 0 Å². The lowest BCUT2D eigenvalue weighted by atomic mass is 10.1. The quantitative estimate of drug-likeness (QED) is 0.336. The van der Waals surface area contributed by atoms with E-state index in [0.717, 1.165) is 0 Å². The van der Waals surface area contributed by atoms with Crippen LogP contribution in [0.25, 0.3) is 0 Å². The summed E-state index contributed by atoms with van der Waals surface area (Å²) in [5, 5.41) is 1.06. The zero-order valence-corrected chi connectivity index (χ0v) is 9.09. The van der Waals surface area contributed by atoms with Crippen molar-refractivity contribution in [1.82, 2.24) is 0 Å². The van der Waals surface area contributed by atoms with Gasteiger partial charge in [0, 0.05) is 14.2 Å². The molecule has 2 aliphatic carbocycles. The van der Waals surface area contributed by atoms with Gasteiger partial charge in [0.25, 0.3) is 0 Å². The Labute approximate surface area is 75.2 Å². The summed E-state index contributed by atoms with van der Waals surface area (Å²) in [4.78, 5) is 0. The Kier molecular flexibility index (Phi) is 1.69. The topological polar surface area (TPSA) is 0 Å². The summed E-state index contributed by atoms with van der Waals surface area (Å²) in [6.45, 7) is 4.89. The van der Waals surface area contributed by atoms with Gasteiger partial charge in [-0.25, -0.2) is 0 Å². The molecule has 0 spiro atoms. The third-order valence-corrected chi connectivity index (χ3v) is 6.92. The van der Waals surface area contributed by atoms with Crippen molar-refractivity contribution in [2.75, 3.05) is 0 Å². The van der Waals surface area contributed by atoms with Crippen LogP contribution >= 0.6 is 11.6 Å². The molecule has 2 heteroatoms. The first-order valence-corrected chi connectivity index (χ1v) is 7.80. The van der Waals surface area contributed by atoms with E-state index in [1.807, 2.05) is 0 Å². The van der Waals surface area contributed by atoms with Crippen LogP contribution in [0.2, 0.25) is 18.1 Å². The van der Waals surface area contributed by atoms with Gasteiger partial charge in [0.15, 0.2) is 0 Å². The van der Waals surface area contributed by atoms with Gasteiger partial charge >= 0.3 is 0 Å². The highest BCUT2D eigenvalue weighted by Gasteiger charge is 2.47. The Bertz CT molecular complexity index is 200. The summed E-state index contributed by atoms with van der Waals surface area (Å²) in [5.74, 6) is 0.714. The van der Waals surface area contributed by atoms with Crippen molar-refractivity contribution in [2.45, 2.75) is 36.4 Å². The Hall–Kier alpha value is 0.247. The van der Waals surface area contributed by atoms with E-state index >= 15 is 0 Å². The fourth-order valence-corrected chi connectivity index (χ4v) is 5.04. The fourth-order valence-electron chi connectivity index (χ4n) is 2.47. The lowest BCUT2D eigenvalue weighted by Crippen LogP contribution is -2.22. The number of fused-ring (bicyclic) bond motifs is 2. The summed E-state index contributed by atoms with van der Waals surface area (Å²) < 4.78 is 0. The molecule has 0 aromatic carbocycles. The molecule has 0 aliphatic heterocycles. The predicted molar refractivity (Wildman–Crippen MR) is 53.1 cm³/mol. The van der Waals surface area contributed by atoms with Gasteiger partial charge in [-0.05, 0) is 23.8 Å². The van der Waals surface area contributed by atoms with Crippen LogP contribution in [0.4, 0.5) is 0 Å². The molecule has 2 aliphatic rings. The molecule has 1 saturated carbocycles. The minimum atomic E-state index is -0.527. The van der Waals surface area contributed by atoms with Gasteiger partial charge in [0.1, 0.15) is 0 Å². The molecule has 0 saturated heterocycles. The van der Waals surface area contributed by atoms with Crippen LogP contribution < -0.4 is 0 Å². The number of alkyl halides is 1. The number of hydrogen-bond donors (Lipinski definition) is 0. The fraction of sp³-hybridized carbons (Fsp3) is 0.778. The predicted octanol–water partition coefficient (Wildman–Crippen LogP) is 2.80. The van der Waals surface area contributed by atoms with Crippen LogP contribution in [0.5, 0.6) is 0 Å². The highest BCUT2D eigenvalue weighted by molar-refractivity contribution is 6.60. The molecule has 0 aromatic rings. The second-order valence-electron chi connectivity index (χ2n) is 4.34. The Morgan fingerprint density at radius 3 is 2.45 bits per heavy atom. The third kappa shape index (κ3) is 1.01. The Balaban J connectivity index is 2.25. The van der Waals surface area contributed by atoms with Crippen molar-refractivity contribution in [1.29, 1.82) is 0 Å². The monoisotopic (exact) mass is 186 g/mol. The first-order valence-electron chi connectivity index (χ1n) is 4.47. The van der Waals surface area contributed by atoms with Gasteiger partial charge in [-0.1, -0.05) is 25.2 Å². The second kappa shape index (κ2) is 2.37. The second-order valence-corrected chi connectivity index (χ2v) is 8.35. The van der Waals surface area contributed by atoms with Gasteiger partial charge in [0.2, 0.25) is 0 Å². The third-order valence-electron chi connectivity index (χ3n) is 3.48. The maximum atomic E-state index is 6.21. The molecule has 3 unspecified atom stereocenters. The molecule has 1 fully saturated rings. The first-order chi connectivity index (χ1) is 5.14. The Morgan fingerprint density at radius 2 is 2.18 bits per heavy atom. The SMILES string of the molecule is C[SiH](C)C12C=CC(C1)C(Cl)C2. The van der Waals surface area contributed by atoms with Crippen LogP contribution in [-0.4, -0.2) is 14.2 Å². The molecule has 0 nitrogen and oxygen atoms in total. The number of allylic oxidation sites excluding steroid dienone is 2. The molecule has 11 heavy (non-hydrogen) atoms. The van der Waals surface area contributed by atoms with Crippen molar-refractivity contribution < 1.29 is 0 Å². The zero-order valence-electron chi connectivity index (χ0n) is 7.18. The number of hydrogen-bond acceptors (Lipinski definition) is 0. The van der Waals surface area contributed by atoms with Gasteiger partial charge in [-0.3, -0.25) is 0 Å². The summed E-state index contributed by atoms with van der Waals surface area (Å²) in [6.07, 6.45) is 7.45. The van der Waals surface area contributed by atoms with E-state index in [2.05, 4.69) is 25.2 Å². The molecule has 2 bridgehead atoms. The molecular formula is C9H15ClSi. The molecule has 0 radical (unpaired) electrons. The highest BCUT2D eigenvalue weighted by Crippen LogP contribution is 2.58. The Morgan fingerprint density at radius 1 is 1.45 bits per heavy atom. The zero-order chi connectivity index (χ0) is 8.06. The average Bonchev–Trinajstić information content (AvgIpc) is 2.44. The largest absolute Gasteiger partial charge is 0.122 e. The van der Waals surface area contributed by atoms with E-state index in [1.54, 1.807) is 0 Å². The number of rotatable bonds is 1. The van der Waals surface area contributed by atoms with E-state index < -0.39 is 8.80 Å². The minimum Gasteiger partial charge on any atom is -0.122 e. The molecule has 0 amide bonds. The molecule has 3 atom stereocenters. The number of halogens is 1. The molecular weight excluding hydrogens is 172 g/mol. The van der Waals surface area contributed by atoms with Crippen LogP contribution in [-0.2, 0) is 0 Å². The summed E-state index contributed by atoms with van der Waals surface area (Å²) in [6, 6.07) is 0. The minimum absolute atomic E-state index is 0.454.